The van der Waals surface area contributed by atoms with Gasteiger partial charge in [-0.1, -0.05) is 6.07 Å². The van der Waals surface area contributed by atoms with E-state index in [0.29, 0.717) is 12.2 Å². The Labute approximate surface area is 110 Å². The van der Waals surface area contributed by atoms with Crippen LogP contribution in [0.3, 0.4) is 0 Å². The number of alkyl halides is 1. The van der Waals surface area contributed by atoms with Gasteiger partial charge in [-0.25, -0.2) is 0 Å². The summed E-state index contributed by atoms with van der Waals surface area (Å²) < 4.78 is 5.28. The van der Waals surface area contributed by atoms with Crippen molar-refractivity contribution in [3.8, 4) is 0 Å². The molecule has 98 valence electrons. The van der Waals surface area contributed by atoms with Crippen molar-refractivity contribution in [3.63, 3.8) is 0 Å². The quantitative estimate of drug-likeness (QED) is 0.479. The largest absolute Gasteiger partial charge is 0.380 e. The maximum absolute atomic E-state index is 11.1. The minimum Gasteiger partial charge on any atom is -0.380 e. The van der Waals surface area contributed by atoms with Crippen molar-refractivity contribution in [1.29, 1.82) is 0 Å². The smallest absolute Gasteiger partial charge is 0.292 e. The van der Waals surface area contributed by atoms with Crippen LogP contribution in [0, 0.1) is 10.1 Å². The monoisotopic (exact) mass is 270 g/mol. The Morgan fingerprint density at radius 3 is 2.94 bits per heavy atom. The number of anilines is 1. The summed E-state index contributed by atoms with van der Waals surface area (Å²) in [5.74, 6) is 0.280. The second-order valence-corrected chi connectivity index (χ2v) is 4.57. The molecule has 0 radical (unpaired) electrons. The van der Waals surface area contributed by atoms with E-state index in [2.05, 4.69) is 0 Å². The van der Waals surface area contributed by atoms with E-state index in [0.717, 1.165) is 18.5 Å². The molecule has 2 rings (SSSR count). The zero-order chi connectivity index (χ0) is 13.1. The van der Waals surface area contributed by atoms with Gasteiger partial charge in [0, 0.05) is 32.1 Å². The summed E-state index contributed by atoms with van der Waals surface area (Å²) >= 11 is 5.71. The Morgan fingerprint density at radius 1 is 1.61 bits per heavy atom. The number of benzene rings is 1. The Kier molecular flexibility index (Phi) is 4.04. The van der Waals surface area contributed by atoms with E-state index in [1.54, 1.807) is 19.2 Å². The van der Waals surface area contributed by atoms with Crippen LogP contribution in [0.4, 0.5) is 11.4 Å². The fourth-order valence-corrected chi connectivity index (χ4v) is 2.37. The number of hydrogen-bond acceptors (Lipinski definition) is 4. The maximum Gasteiger partial charge on any atom is 0.292 e. The van der Waals surface area contributed by atoms with Crippen LogP contribution in [0.5, 0.6) is 0 Å². The van der Waals surface area contributed by atoms with Crippen LogP contribution in [-0.4, -0.2) is 31.2 Å². The molecule has 1 aromatic carbocycles. The lowest BCUT2D eigenvalue weighted by molar-refractivity contribution is -0.384. The summed E-state index contributed by atoms with van der Waals surface area (Å²) in [5.41, 5.74) is 1.52. The summed E-state index contributed by atoms with van der Waals surface area (Å²) in [6, 6.07) is 5.14. The zero-order valence-electron chi connectivity index (χ0n) is 10.1. The fraction of sp³-hybridized carbons (Fsp3) is 0.500. The first-order valence-corrected chi connectivity index (χ1v) is 6.30. The Balaban J connectivity index is 2.30. The van der Waals surface area contributed by atoms with Crippen LogP contribution >= 0.6 is 11.6 Å². The summed E-state index contributed by atoms with van der Waals surface area (Å²) in [7, 11) is 1.67. The summed E-state index contributed by atoms with van der Waals surface area (Å²) in [6.07, 6.45) is 1.04. The van der Waals surface area contributed by atoms with Gasteiger partial charge in [0.15, 0.2) is 0 Å². The molecular weight excluding hydrogens is 256 g/mol. The van der Waals surface area contributed by atoms with Gasteiger partial charge in [0.1, 0.15) is 5.69 Å². The van der Waals surface area contributed by atoms with Gasteiger partial charge in [0.05, 0.1) is 11.0 Å². The number of nitro groups is 1. The number of nitro benzene ring substituents is 1. The van der Waals surface area contributed by atoms with Crippen molar-refractivity contribution in [2.45, 2.75) is 18.4 Å². The molecule has 1 unspecified atom stereocenters. The predicted molar refractivity (Wildman–Crippen MR) is 70.3 cm³/mol. The summed E-state index contributed by atoms with van der Waals surface area (Å²) in [5, 5.41) is 11.1. The SMILES string of the molecule is COC1CCN(c2ccc(CCl)cc2[N+](=O)[O-])C1. The standard InChI is InChI=1S/C12H15ClN2O3/c1-18-10-4-5-14(8-10)11-3-2-9(7-13)6-12(11)15(16)17/h2-3,6,10H,4-5,7-8H2,1H3. The molecule has 1 saturated heterocycles. The molecule has 18 heavy (non-hydrogen) atoms. The molecule has 1 aliphatic heterocycles. The van der Waals surface area contributed by atoms with Crippen molar-refractivity contribution in [2.75, 3.05) is 25.1 Å². The topological polar surface area (TPSA) is 55.6 Å². The lowest BCUT2D eigenvalue weighted by Crippen LogP contribution is -2.23. The number of halogens is 1. The van der Waals surface area contributed by atoms with Crippen molar-refractivity contribution in [1.82, 2.24) is 0 Å². The van der Waals surface area contributed by atoms with E-state index in [9.17, 15) is 10.1 Å². The average molecular weight is 271 g/mol. The highest BCUT2D eigenvalue weighted by molar-refractivity contribution is 6.17. The molecule has 5 nitrogen and oxygen atoms in total. The summed E-state index contributed by atoms with van der Waals surface area (Å²) in [6.45, 7) is 1.47. The van der Waals surface area contributed by atoms with Gasteiger partial charge in [-0.15, -0.1) is 11.6 Å². The molecule has 1 aliphatic rings. The molecule has 1 fully saturated rings. The molecule has 1 atom stereocenters. The van der Waals surface area contributed by atoms with Gasteiger partial charge in [-0.3, -0.25) is 10.1 Å². The van der Waals surface area contributed by atoms with Gasteiger partial charge in [0.2, 0.25) is 0 Å². The highest BCUT2D eigenvalue weighted by Gasteiger charge is 2.27. The van der Waals surface area contributed by atoms with E-state index in [1.165, 1.54) is 0 Å². The average Bonchev–Trinajstić information content (AvgIpc) is 2.86. The van der Waals surface area contributed by atoms with Crippen LogP contribution in [0.25, 0.3) is 0 Å². The van der Waals surface area contributed by atoms with Crippen molar-refractivity contribution >= 4 is 23.0 Å². The van der Waals surface area contributed by atoms with Crippen LogP contribution < -0.4 is 4.90 Å². The van der Waals surface area contributed by atoms with Gasteiger partial charge in [-0.05, 0) is 18.1 Å². The number of rotatable bonds is 4. The highest BCUT2D eigenvalue weighted by Crippen LogP contribution is 2.32. The van der Waals surface area contributed by atoms with Gasteiger partial charge >= 0.3 is 0 Å². The Morgan fingerprint density at radius 2 is 2.39 bits per heavy atom. The number of nitrogens with zero attached hydrogens (tertiary/aromatic N) is 2. The predicted octanol–water partition coefficient (Wildman–Crippen LogP) is 2.56. The lowest BCUT2D eigenvalue weighted by Gasteiger charge is -2.18. The Bertz CT molecular complexity index is 453. The number of hydrogen-bond donors (Lipinski definition) is 0. The second kappa shape index (κ2) is 5.54. The molecule has 0 spiro atoms. The highest BCUT2D eigenvalue weighted by atomic mass is 35.5. The van der Waals surface area contributed by atoms with E-state index in [1.807, 2.05) is 11.0 Å². The van der Waals surface area contributed by atoms with E-state index in [4.69, 9.17) is 16.3 Å². The van der Waals surface area contributed by atoms with E-state index >= 15 is 0 Å². The van der Waals surface area contributed by atoms with Crippen LogP contribution in [0.15, 0.2) is 18.2 Å². The first-order valence-electron chi connectivity index (χ1n) is 5.76. The van der Waals surface area contributed by atoms with Gasteiger partial charge < -0.3 is 9.64 Å². The minimum absolute atomic E-state index is 0.116. The van der Waals surface area contributed by atoms with Crippen LogP contribution in [-0.2, 0) is 10.6 Å². The third-order valence-electron chi connectivity index (χ3n) is 3.21. The van der Waals surface area contributed by atoms with Gasteiger partial charge in [0.25, 0.3) is 5.69 Å². The third kappa shape index (κ3) is 2.57. The first kappa shape index (κ1) is 13.1. The van der Waals surface area contributed by atoms with E-state index in [-0.39, 0.29) is 22.6 Å². The van der Waals surface area contributed by atoms with Crippen LogP contribution in [0.2, 0.25) is 0 Å². The normalized spacial score (nSPS) is 19.2. The first-order chi connectivity index (χ1) is 8.65. The number of ether oxygens (including phenoxy) is 1. The third-order valence-corrected chi connectivity index (χ3v) is 3.52. The lowest BCUT2D eigenvalue weighted by atomic mass is 10.2. The fourth-order valence-electron chi connectivity index (χ4n) is 2.21. The van der Waals surface area contributed by atoms with Crippen molar-refractivity contribution in [2.24, 2.45) is 0 Å². The molecule has 0 aromatic heterocycles. The van der Waals surface area contributed by atoms with Crippen molar-refractivity contribution in [3.05, 3.63) is 33.9 Å². The summed E-state index contributed by atoms with van der Waals surface area (Å²) in [4.78, 5) is 12.7. The molecule has 1 aromatic rings. The molecule has 6 heteroatoms. The molecule has 0 N–H and O–H groups in total. The van der Waals surface area contributed by atoms with E-state index < -0.39 is 0 Å². The Hall–Kier alpha value is -1.33. The second-order valence-electron chi connectivity index (χ2n) is 4.31. The van der Waals surface area contributed by atoms with Crippen LogP contribution in [0.1, 0.15) is 12.0 Å². The number of methoxy groups -OCH3 is 1. The minimum atomic E-state index is -0.356. The molecule has 0 amide bonds. The zero-order valence-corrected chi connectivity index (χ0v) is 10.9. The maximum atomic E-state index is 11.1. The molecule has 0 bridgehead atoms. The van der Waals surface area contributed by atoms with Gasteiger partial charge in [-0.2, -0.15) is 0 Å². The molecule has 0 aliphatic carbocycles. The molecule has 0 saturated carbocycles. The van der Waals surface area contributed by atoms with Crippen molar-refractivity contribution < 1.29 is 9.66 Å². The molecule has 1 heterocycles. The molecular formula is C12H15ClN2O3.